The zero-order chi connectivity index (χ0) is 17.5. The van der Waals surface area contributed by atoms with Gasteiger partial charge in [-0.25, -0.2) is 4.39 Å². The predicted octanol–water partition coefficient (Wildman–Crippen LogP) is 2.24. The van der Waals surface area contributed by atoms with Gasteiger partial charge in [-0.15, -0.1) is 0 Å². The fourth-order valence-corrected chi connectivity index (χ4v) is 2.20. The lowest BCUT2D eigenvalue weighted by molar-refractivity contribution is -0.127. The van der Waals surface area contributed by atoms with Crippen molar-refractivity contribution >= 4 is 17.5 Å². The predicted molar refractivity (Wildman–Crippen MR) is 90.8 cm³/mol. The van der Waals surface area contributed by atoms with Crippen LogP contribution in [0.15, 0.2) is 42.5 Å². The van der Waals surface area contributed by atoms with Gasteiger partial charge < -0.3 is 5.32 Å². The van der Waals surface area contributed by atoms with Crippen molar-refractivity contribution in [3.05, 3.63) is 65.0 Å². The Kier molecular flexibility index (Phi) is 5.89. The molecule has 0 fully saturated rings. The molecule has 24 heavy (non-hydrogen) atoms. The number of benzene rings is 2. The summed E-state index contributed by atoms with van der Waals surface area (Å²) in [4.78, 5) is 23.5. The third kappa shape index (κ3) is 5.39. The molecule has 2 rings (SSSR count). The molecule has 6 heteroatoms. The summed E-state index contributed by atoms with van der Waals surface area (Å²) in [5.41, 5.74) is 8.40. The number of halogens is 1. The fraction of sp³-hybridized carbons (Fsp3) is 0.222. The minimum Gasteiger partial charge on any atom is -0.376 e. The van der Waals surface area contributed by atoms with E-state index in [1.54, 1.807) is 0 Å². The topological polar surface area (TPSA) is 70.2 Å². The van der Waals surface area contributed by atoms with Gasteiger partial charge in [0.2, 0.25) is 5.91 Å². The minimum absolute atomic E-state index is 0.0424. The number of hydrogen-bond donors (Lipinski definition) is 3. The number of rotatable bonds is 5. The summed E-state index contributed by atoms with van der Waals surface area (Å²) in [7, 11) is 0. The molecular formula is C18H20FN3O2. The Bertz CT molecular complexity index is 730. The standard InChI is InChI=1S/C18H20FN3O2/c1-12-3-8-16(13(2)9-12)20-11-18(24)22-21-17(23)10-14-4-6-15(19)7-5-14/h3-9,20H,10-11H2,1-2H3,(H,21,23)(H,22,24). The molecule has 126 valence electrons. The Labute approximate surface area is 140 Å². The van der Waals surface area contributed by atoms with Crippen molar-refractivity contribution in [3.8, 4) is 0 Å². The van der Waals surface area contributed by atoms with Gasteiger partial charge in [-0.1, -0.05) is 29.8 Å². The quantitative estimate of drug-likeness (QED) is 0.737. The molecule has 5 nitrogen and oxygen atoms in total. The molecule has 0 atom stereocenters. The van der Waals surface area contributed by atoms with Crippen LogP contribution >= 0.6 is 0 Å². The molecule has 0 radical (unpaired) electrons. The Balaban J connectivity index is 1.74. The molecule has 0 aliphatic carbocycles. The van der Waals surface area contributed by atoms with Crippen LogP contribution in [0.4, 0.5) is 10.1 Å². The first-order valence-corrected chi connectivity index (χ1v) is 7.57. The molecule has 2 amide bonds. The maximum absolute atomic E-state index is 12.8. The van der Waals surface area contributed by atoms with Gasteiger partial charge >= 0.3 is 0 Å². The number of aryl methyl sites for hydroxylation is 2. The van der Waals surface area contributed by atoms with Gasteiger partial charge in [0.1, 0.15) is 5.82 Å². The molecule has 0 bridgehead atoms. The van der Waals surface area contributed by atoms with Crippen LogP contribution in [0.5, 0.6) is 0 Å². The lowest BCUT2D eigenvalue weighted by atomic mass is 10.1. The van der Waals surface area contributed by atoms with Crippen LogP contribution in [0.25, 0.3) is 0 Å². The van der Waals surface area contributed by atoms with E-state index in [0.29, 0.717) is 5.56 Å². The number of hydrazine groups is 1. The highest BCUT2D eigenvalue weighted by Gasteiger charge is 2.07. The summed E-state index contributed by atoms with van der Waals surface area (Å²) < 4.78 is 12.8. The Morgan fingerprint density at radius 1 is 0.958 bits per heavy atom. The van der Waals surface area contributed by atoms with E-state index in [4.69, 9.17) is 0 Å². The van der Waals surface area contributed by atoms with Crippen molar-refractivity contribution in [1.82, 2.24) is 10.9 Å². The normalized spacial score (nSPS) is 10.1. The summed E-state index contributed by atoms with van der Waals surface area (Å²) in [6.45, 7) is 4.00. The number of carbonyl (C=O) groups is 2. The zero-order valence-electron chi connectivity index (χ0n) is 13.7. The van der Waals surface area contributed by atoms with Gasteiger partial charge in [-0.2, -0.15) is 0 Å². The molecule has 0 aliphatic rings. The minimum atomic E-state index is -0.374. The van der Waals surface area contributed by atoms with E-state index in [1.807, 2.05) is 32.0 Å². The number of anilines is 1. The molecule has 2 aromatic carbocycles. The van der Waals surface area contributed by atoms with Crippen LogP contribution in [-0.2, 0) is 16.0 Å². The number of nitrogens with one attached hydrogen (secondary N) is 3. The first-order chi connectivity index (χ1) is 11.4. The number of carbonyl (C=O) groups excluding carboxylic acids is 2. The van der Waals surface area contributed by atoms with Gasteiger partial charge in [-0.05, 0) is 43.2 Å². The smallest absolute Gasteiger partial charge is 0.257 e. The molecule has 0 saturated heterocycles. The largest absolute Gasteiger partial charge is 0.376 e. The van der Waals surface area contributed by atoms with Crippen molar-refractivity contribution in [2.45, 2.75) is 20.3 Å². The first-order valence-electron chi connectivity index (χ1n) is 7.57. The van der Waals surface area contributed by atoms with Crippen LogP contribution in [-0.4, -0.2) is 18.4 Å². The SMILES string of the molecule is Cc1ccc(NCC(=O)NNC(=O)Cc2ccc(F)cc2)c(C)c1. The van der Waals surface area contributed by atoms with Crippen LogP contribution < -0.4 is 16.2 Å². The molecule has 0 heterocycles. The van der Waals surface area contributed by atoms with E-state index in [1.165, 1.54) is 24.3 Å². The lowest BCUT2D eigenvalue weighted by Crippen LogP contribution is -2.44. The lowest BCUT2D eigenvalue weighted by Gasteiger charge is -2.11. The third-order valence-corrected chi connectivity index (χ3v) is 3.44. The van der Waals surface area contributed by atoms with Crippen molar-refractivity contribution in [1.29, 1.82) is 0 Å². The Morgan fingerprint density at radius 3 is 2.29 bits per heavy atom. The van der Waals surface area contributed by atoms with Gasteiger partial charge in [0, 0.05) is 5.69 Å². The molecule has 0 spiro atoms. The van der Waals surface area contributed by atoms with E-state index < -0.39 is 0 Å². The Morgan fingerprint density at radius 2 is 1.62 bits per heavy atom. The average Bonchev–Trinajstić information content (AvgIpc) is 2.54. The second-order valence-electron chi connectivity index (χ2n) is 5.57. The highest BCUT2D eigenvalue weighted by molar-refractivity contribution is 5.85. The van der Waals surface area contributed by atoms with Crippen molar-refractivity contribution in [3.63, 3.8) is 0 Å². The van der Waals surface area contributed by atoms with Gasteiger partial charge in [-0.3, -0.25) is 20.4 Å². The van der Waals surface area contributed by atoms with Crippen molar-refractivity contribution in [2.24, 2.45) is 0 Å². The van der Waals surface area contributed by atoms with E-state index in [2.05, 4.69) is 16.2 Å². The van der Waals surface area contributed by atoms with E-state index in [0.717, 1.165) is 16.8 Å². The fourth-order valence-electron chi connectivity index (χ4n) is 2.20. The molecule has 2 aromatic rings. The first kappa shape index (κ1) is 17.5. The molecule has 0 unspecified atom stereocenters. The number of amides is 2. The van der Waals surface area contributed by atoms with Gasteiger partial charge in [0.05, 0.1) is 13.0 Å². The van der Waals surface area contributed by atoms with Gasteiger partial charge in [0.25, 0.3) is 5.91 Å². The zero-order valence-corrected chi connectivity index (χ0v) is 13.7. The van der Waals surface area contributed by atoms with Crippen molar-refractivity contribution in [2.75, 3.05) is 11.9 Å². The Hall–Kier alpha value is -2.89. The van der Waals surface area contributed by atoms with Crippen molar-refractivity contribution < 1.29 is 14.0 Å². The monoisotopic (exact) mass is 329 g/mol. The highest BCUT2D eigenvalue weighted by atomic mass is 19.1. The molecule has 0 saturated carbocycles. The van der Waals surface area contributed by atoms with Crippen LogP contribution in [0.2, 0.25) is 0 Å². The maximum atomic E-state index is 12.8. The maximum Gasteiger partial charge on any atom is 0.257 e. The van der Waals surface area contributed by atoms with Gasteiger partial charge in [0.15, 0.2) is 0 Å². The number of hydrogen-bond acceptors (Lipinski definition) is 3. The second kappa shape index (κ2) is 8.10. The average molecular weight is 329 g/mol. The summed E-state index contributed by atoms with van der Waals surface area (Å²) >= 11 is 0. The van der Waals surface area contributed by atoms with Crippen LogP contribution in [0.1, 0.15) is 16.7 Å². The molecule has 3 N–H and O–H groups in total. The summed E-state index contributed by atoms with van der Waals surface area (Å²) in [5.74, 6) is -1.09. The molecule has 0 aromatic heterocycles. The van der Waals surface area contributed by atoms with E-state index in [-0.39, 0.29) is 30.6 Å². The third-order valence-electron chi connectivity index (χ3n) is 3.44. The highest BCUT2D eigenvalue weighted by Crippen LogP contribution is 2.15. The summed E-state index contributed by atoms with van der Waals surface area (Å²) in [6.07, 6.45) is 0.0606. The molecular weight excluding hydrogens is 309 g/mol. The summed E-state index contributed by atoms with van der Waals surface area (Å²) in [6, 6.07) is 11.5. The van der Waals surface area contributed by atoms with Crippen LogP contribution in [0, 0.1) is 19.7 Å². The van der Waals surface area contributed by atoms with E-state index in [9.17, 15) is 14.0 Å². The van der Waals surface area contributed by atoms with E-state index >= 15 is 0 Å². The molecule has 0 aliphatic heterocycles. The second-order valence-corrected chi connectivity index (χ2v) is 5.57. The summed E-state index contributed by atoms with van der Waals surface area (Å²) in [5, 5.41) is 3.01. The van der Waals surface area contributed by atoms with Crippen LogP contribution in [0.3, 0.4) is 0 Å².